The van der Waals surface area contributed by atoms with Crippen LogP contribution in [0.4, 0.5) is 4.79 Å². The van der Waals surface area contributed by atoms with Gasteiger partial charge < -0.3 is 30.5 Å². The van der Waals surface area contributed by atoms with Crippen molar-refractivity contribution in [3.63, 3.8) is 0 Å². The highest BCUT2D eigenvalue weighted by molar-refractivity contribution is 5.79. The van der Waals surface area contributed by atoms with Crippen molar-refractivity contribution in [2.45, 2.75) is 70.1 Å². The lowest BCUT2D eigenvalue weighted by molar-refractivity contribution is -0.147. The van der Waals surface area contributed by atoms with Crippen LogP contribution in [-0.2, 0) is 20.7 Å². The van der Waals surface area contributed by atoms with Crippen LogP contribution in [0.25, 0.3) is 0 Å². The summed E-state index contributed by atoms with van der Waals surface area (Å²) in [6, 6.07) is 4.00. The van der Waals surface area contributed by atoms with Crippen LogP contribution in [0, 0.1) is 5.92 Å². The van der Waals surface area contributed by atoms with Crippen molar-refractivity contribution in [2.24, 2.45) is 11.7 Å². The fraction of sp³-hybridized carbons (Fsp3) is 0.600. The molecule has 0 heterocycles. The smallest absolute Gasteiger partial charge is 0.504 e. The molecule has 0 spiro atoms. The van der Waals surface area contributed by atoms with Gasteiger partial charge in [0.15, 0.2) is 11.5 Å². The first-order valence-electron chi connectivity index (χ1n) is 9.54. The van der Waals surface area contributed by atoms with E-state index in [2.05, 4.69) is 0 Å². The molecule has 1 aliphatic carbocycles. The number of phenolic OH excluding ortho intramolecular Hbond substituents is 2. The van der Waals surface area contributed by atoms with Crippen LogP contribution >= 0.6 is 0 Å². The van der Waals surface area contributed by atoms with E-state index in [9.17, 15) is 24.9 Å². The average Bonchev–Trinajstić information content (AvgIpc) is 2.64. The molecule has 8 heteroatoms. The molecule has 0 radical (unpaired) electrons. The highest BCUT2D eigenvalue weighted by Crippen LogP contribution is 2.30. The van der Waals surface area contributed by atoms with E-state index in [-0.39, 0.29) is 24.0 Å². The van der Waals surface area contributed by atoms with Gasteiger partial charge in [0.2, 0.25) is 0 Å². The highest BCUT2D eigenvalue weighted by Gasteiger charge is 2.44. The van der Waals surface area contributed by atoms with Crippen molar-refractivity contribution in [3.8, 4) is 11.5 Å². The Labute approximate surface area is 164 Å². The molecule has 28 heavy (non-hydrogen) atoms. The number of aliphatic carboxylic acids is 1. The molecule has 1 aromatic rings. The van der Waals surface area contributed by atoms with E-state index >= 15 is 0 Å². The minimum absolute atomic E-state index is 0.122. The van der Waals surface area contributed by atoms with Gasteiger partial charge in [0.25, 0.3) is 0 Å². The number of carbonyl (C=O) groups is 2. The van der Waals surface area contributed by atoms with Crippen LogP contribution in [0.5, 0.6) is 11.5 Å². The van der Waals surface area contributed by atoms with E-state index in [1.807, 2.05) is 0 Å². The molecule has 156 valence electrons. The Bertz CT molecular complexity index is 702. The summed E-state index contributed by atoms with van der Waals surface area (Å²) in [5.41, 5.74) is 4.87. The van der Waals surface area contributed by atoms with Gasteiger partial charge in [0.1, 0.15) is 17.7 Å². The second-order valence-corrected chi connectivity index (χ2v) is 7.58. The minimum Gasteiger partial charge on any atom is -0.504 e. The molecule has 0 bridgehead atoms. The number of carboxylic acid groups (broad SMARTS) is 1. The van der Waals surface area contributed by atoms with E-state index in [0.29, 0.717) is 5.56 Å². The summed E-state index contributed by atoms with van der Waals surface area (Å²) >= 11 is 0. The van der Waals surface area contributed by atoms with Crippen LogP contribution in [0.1, 0.15) is 51.5 Å². The number of ether oxygens (including phenoxy) is 2. The van der Waals surface area contributed by atoms with E-state index in [1.54, 1.807) is 13.8 Å². The molecular weight excluding hydrogens is 366 g/mol. The van der Waals surface area contributed by atoms with Gasteiger partial charge in [-0.3, -0.25) is 4.79 Å². The molecule has 5 N–H and O–H groups in total. The molecule has 1 aliphatic rings. The Morgan fingerprint density at radius 3 is 2.39 bits per heavy atom. The number of carboxylic acids is 1. The summed E-state index contributed by atoms with van der Waals surface area (Å²) in [4.78, 5) is 24.0. The van der Waals surface area contributed by atoms with Crippen molar-refractivity contribution in [1.82, 2.24) is 0 Å². The zero-order valence-electron chi connectivity index (χ0n) is 16.3. The van der Waals surface area contributed by atoms with E-state index in [0.717, 1.165) is 32.1 Å². The topological polar surface area (TPSA) is 139 Å². The van der Waals surface area contributed by atoms with E-state index in [1.165, 1.54) is 18.2 Å². The molecule has 1 saturated carbocycles. The zero-order chi connectivity index (χ0) is 20.9. The van der Waals surface area contributed by atoms with E-state index < -0.39 is 29.7 Å². The van der Waals surface area contributed by atoms with Gasteiger partial charge >= 0.3 is 12.1 Å². The summed E-state index contributed by atoms with van der Waals surface area (Å²) in [6.07, 6.45) is 2.85. The fourth-order valence-corrected chi connectivity index (χ4v) is 3.47. The Morgan fingerprint density at radius 1 is 1.18 bits per heavy atom. The Morgan fingerprint density at radius 2 is 1.82 bits per heavy atom. The van der Waals surface area contributed by atoms with Gasteiger partial charge in [-0.05, 0) is 50.3 Å². The van der Waals surface area contributed by atoms with Gasteiger partial charge in [-0.1, -0.05) is 19.4 Å². The maximum atomic E-state index is 12.1. The van der Waals surface area contributed by atoms with E-state index in [4.69, 9.17) is 15.2 Å². The third-order valence-corrected chi connectivity index (χ3v) is 5.55. The average molecular weight is 395 g/mol. The standard InChI is InChI=1S/C20H29NO7/c1-12(13(2)27-19(26)28-15-6-4-3-5-7-15)20(21,18(24)25)11-14-8-9-16(22)17(23)10-14/h8-10,12-13,15,22-23H,3-7,11,21H2,1-2H3,(H,24,25)/t12-,13+,20-/m1/s1. The van der Waals surface area contributed by atoms with Gasteiger partial charge in [-0.15, -0.1) is 0 Å². The quantitative estimate of drug-likeness (QED) is 0.408. The molecule has 3 atom stereocenters. The second kappa shape index (κ2) is 9.14. The number of benzene rings is 1. The highest BCUT2D eigenvalue weighted by atomic mass is 16.7. The van der Waals surface area contributed by atoms with Gasteiger partial charge in [0.05, 0.1) is 0 Å². The van der Waals surface area contributed by atoms with Crippen molar-refractivity contribution >= 4 is 12.1 Å². The number of hydrogen-bond donors (Lipinski definition) is 4. The first-order valence-corrected chi connectivity index (χ1v) is 9.54. The first-order chi connectivity index (χ1) is 13.1. The van der Waals surface area contributed by atoms with Crippen molar-refractivity contribution in [3.05, 3.63) is 23.8 Å². The predicted molar refractivity (Wildman–Crippen MR) is 101 cm³/mol. The van der Waals surface area contributed by atoms with Gasteiger partial charge in [-0.25, -0.2) is 4.79 Å². The summed E-state index contributed by atoms with van der Waals surface area (Å²) in [7, 11) is 0. The SMILES string of the molecule is C[C@H](OC(=O)OC1CCCCC1)[C@@H](C)[C@](N)(Cc1ccc(O)c(O)c1)C(=O)O. The molecule has 0 unspecified atom stereocenters. The molecule has 0 aromatic heterocycles. The van der Waals surface area contributed by atoms with Crippen LogP contribution in [0.2, 0.25) is 0 Å². The van der Waals surface area contributed by atoms with Gasteiger partial charge in [-0.2, -0.15) is 0 Å². The summed E-state index contributed by atoms with van der Waals surface area (Å²) in [5, 5.41) is 28.8. The van der Waals surface area contributed by atoms with Gasteiger partial charge in [0, 0.05) is 12.3 Å². The van der Waals surface area contributed by atoms with Crippen molar-refractivity contribution < 1.29 is 34.4 Å². The van der Waals surface area contributed by atoms with Crippen LogP contribution in [0.15, 0.2) is 18.2 Å². The molecule has 0 saturated heterocycles. The monoisotopic (exact) mass is 395 g/mol. The third kappa shape index (κ3) is 5.28. The third-order valence-electron chi connectivity index (χ3n) is 5.55. The molecule has 1 fully saturated rings. The molecule has 2 rings (SSSR count). The maximum absolute atomic E-state index is 12.1. The predicted octanol–water partition coefficient (Wildman–Crippen LogP) is 2.93. The molecular formula is C20H29NO7. The minimum atomic E-state index is -1.76. The lowest BCUT2D eigenvalue weighted by Crippen LogP contribution is -2.58. The summed E-state index contributed by atoms with van der Waals surface area (Å²) in [5.74, 6) is -2.68. The lowest BCUT2D eigenvalue weighted by Gasteiger charge is -2.35. The number of carbonyl (C=O) groups excluding carboxylic acids is 1. The molecule has 0 aliphatic heterocycles. The maximum Gasteiger partial charge on any atom is 0.508 e. The van der Waals surface area contributed by atoms with Crippen molar-refractivity contribution in [2.75, 3.05) is 0 Å². The zero-order valence-corrected chi connectivity index (χ0v) is 16.3. The number of hydrogen-bond acceptors (Lipinski definition) is 7. The van der Waals surface area contributed by atoms with Crippen LogP contribution < -0.4 is 5.73 Å². The Hall–Kier alpha value is -2.48. The van der Waals surface area contributed by atoms with Crippen LogP contribution in [-0.4, -0.2) is 45.2 Å². The molecule has 1 aromatic carbocycles. The number of phenols is 2. The number of rotatable bonds is 7. The Kier molecular flexibility index (Phi) is 7.12. The van der Waals surface area contributed by atoms with Crippen LogP contribution in [0.3, 0.4) is 0 Å². The lowest BCUT2D eigenvalue weighted by atomic mass is 9.78. The second-order valence-electron chi connectivity index (χ2n) is 7.58. The summed E-state index contributed by atoms with van der Waals surface area (Å²) < 4.78 is 10.6. The molecule has 8 nitrogen and oxygen atoms in total. The summed E-state index contributed by atoms with van der Waals surface area (Å²) in [6.45, 7) is 3.17. The largest absolute Gasteiger partial charge is 0.508 e. The number of aromatic hydroxyl groups is 2. The fourth-order valence-electron chi connectivity index (χ4n) is 3.47. The number of nitrogens with two attached hydrogens (primary N) is 1. The molecule has 0 amide bonds. The Balaban J connectivity index is 2.04. The normalized spacial score (nSPS) is 19.2. The first kappa shape index (κ1) is 21.8. The van der Waals surface area contributed by atoms with Crippen molar-refractivity contribution in [1.29, 1.82) is 0 Å².